The topological polar surface area (TPSA) is 72.5 Å². The summed E-state index contributed by atoms with van der Waals surface area (Å²) < 4.78 is 10.6. The lowest BCUT2D eigenvalue weighted by Gasteiger charge is -2.10. The van der Waals surface area contributed by atoms with Gasteiger partial charge in [-0.15, -0.1) is 0 Å². The monoisotopic (exact) mass is 361 g/mol. The van der Waals surface area contributed by atoms with Crippen LogP contribution in [-0.2, 0) is 0 Å². The molecule has 1 amide bonds. The van der Waals surface area contributed by atoms with Gasteiger partial charge in [0, 0.05) is 23.6 Å². The van der Waals surface area contributed by atoms with Crippen LogP contribution < -0.4 is 20.1 Å². The smallest absolute Gasteiger partial charge is 0.257 e. The minimum Gasteiger partial charge on any atom is -0.454 e. The van der Waals surface area contributed by atoms with E-state index in [1.54, 1.807) is 30.5 Å². The molecular weight excluding hydrogens is 342 g/mol. The number of anilines is 3. The van der Waals surface area contributed by atoms with Crippen molar-refractivity contribution in [2.45, 2.75) is 13.8 Å². The van der Waals surface area contributed by atoms with Gasteiger partial charge in [-0.1, -0.05) is 6.07 Å². The minimum absolute atomic E-state index is 0.197. The molecule has 0 aliphatic carbocycles. The van der Waals surface area contributed by atoms with Crippen molar-refractivity contribution in [1.82, 2.24) is 4.98 Å². The molecule has 1 aliphatic heterocycles. The first-order chi connectivity index (χ1) is 13.1. The van der Waals surface area contributed by atoms with Gasteiger partial charge in [0.1, 0.15) is 0 Å². The molecule has 0 saturated heterocycles. The molecule has 27 heavy (non-hydrogen) atoms. The molecule has 0 spiro atoms. The Morgan fingerprint density at radius 1 is 0.889 bits per heavy atom. The number of rotatable bonds is 4. The zero-order valence-corrected chi connectivity index (χ0v) is 15.1. The van der Waals surface area contributed by atoms with E-state index in [2.05, 4.69) is 21.7 Å². The zero-order valence-electron chi connectivity index (χ0n) is 15.1. The second kappa shape index (κ2) is 6.99. The van der Waals surface area contributed by atoms with Crippen molar-refractivity contribution in [3.8, 4) is 11.5 Å². The molecular formula is C21H19N3O3. The molecule has 2 N–H and O–H groups in total. The fourth-order valence-corrected chi connectivity index (χ4v) is 3.02. The van der Waals surface area contributed by atoms with Crippen LogP contribution in [0.2, 0.25) is 0 Å². The number of aryl methyl sites for hydroxylation is 2. The van der Waals surface area contributed by atoms with Gasteiger partial charge in [0.25, 0.3) is 5.91 Å². The number of benzene rings is 2. The Hall–Kier alpha value is -3.54. The van der Waals surface area contributed by atoms with Crippen LogP contribution >= 0.6 is 0 Å². The van der Waals surface area contributed by atoms with Gasteiger partial charge in [0.2, 0.25) is 6.79 Å². The van der Waals surface area contributed by atoms with E-state index in [9.17, 15) is 4.79 Å². The van der Waals surface area contributed by atoms with Gasteiger partial charge in [0.05, 0.1) is 17.4 Å². The standard InChI is InChI=1S/C21H19N3O3/c1-13-5-14(2)7-17(6-13)23-18-8-15(10-22-11-18)21(25)24-16-3-4-19-20(9-16)27-12-26-19/h3-11,23H,12H2,1-2H3,(H,24,25). The van der Waals surface area contributed by atoms with Crippen LogP contribution in [0.4, 0.5) is 17.1 Å². The van der Waals surface area contributed by atoms with Crippen LogP contribution in [0.15, 0.2) is 54.9 Å². The summed E-state index contributed by atoms with van der Waals surface area (Å²) in [6.07, 6.45) is 3.23. The average Bonchev–Trinajstić information content (AvgIpc) is 3.09. The summed E-state index contributed by atoms with van der Waals surface area (Å²) in [4.78, 5) is 16.8. The first-order valence-electron chi connectivity index (χ1n) is 8.58. The summed E-state index contributed by atoms with van der Waals surface area (Å²) in [7, 11) is 0. The Bertz CT molecular complexity index is 997. The zero-order chi connectivity index (χ0) is 18.8. The minimum atomic E-state index is -0.245. The first-order valence-corrected chi connectivity index (χ1v) is 8.58. The highest BCUT2D eigenvalue weighted by Crippen LogP contribution is 2.34. The van der Waals surface area contributed by atoms with Crippen molar-refractivity contribution in [2.75, 3.05) is 17.4 Å². The average molecular weight is 361 g/mol. The van der Waals surface area contributed by atoms with Crippen molar-refractivity contribution in [3.05, 3.63) is 71.5 Å². The molecule has 1 aliphatic rings. The van der Waals surface area contributed by atoms with Crippen LogP contribution in [0.5, 0.6) is 11.5 Å². The van der Waals surface area contributed by atoms with Gasteiger partial charge in [-0.25, -0.2) is 0 Å². The largest absolute Gasteiger partial charge is 0.454 e. The number of carbonyl (C=O) groups is 1. The number of nitrogens with zero attached hydrogens (tertiary/aromatic N) is 1. The van der Waals surface area contributed by atoms with Gasteiger partial charge in [0.15, 0.2) is 11.5 Å². The first kappa shape index (κ1) is 16.9. The predicted octanol–water partition coefficient (Wildman–Crippen LogP) is 4.42. The Balaban J connectivity index is 1.50. The molecule has 0 atom stereocenters. The maximum atomic E-state index is 12.6. The number of pyridine rings is 1. The number of amides is 1. The number of carbonyl (C=O) groups excluding carboxylic acids is 1. The highest BCUT2D eigenvalue weighted by molar-refractivity contribution is 6.04. The highest BCUT2D eigenvalue weighted by atomic mass is 16.7. The molecule has 2 aromatic carbocycles. The summed E-state index contributed by atoms with van der Waals surface area (Å²) in [6.45, 7) is 4.29. The van der Waals surface area contributed by atoms with E-state index in [-0.39, 0.29) is 12.7 Å². The molecule has 2 heterocycles. The normalized spacial score (nSPS) is 11.9. The maximum Gasteiger partial charge on any atom is 0.257 e. The van der Waals surface area contributed by atoms with Crippen molar-refractivity contribution in [1.29, 1.82) is 0 Å². The molecule has 1 aromatic heterocycles. The SMILES string of the molecule is Cc1cc(C)cc(Nc2cncc(C(=O)Nc3ccc4c(c3)OCO4)c2)c1. The second-order valence-corrected chi connectivity index (χ2v) is 6.49. The van der Waals surface area contributed by atoms with Gasteiger partial charge in [-0.05, 0) is 55.3 Å². The number of fused-ring (bicyclic) bond motifs is 1. The Morgan fingerprint density at radius 2 is 1.67 bits per heavy atom. The number of ether oxygens (including phenoxy) is 2. The van der Waals surface area contributed by atoms with E-state index in [0.29, 0.717) is 22.7 Å². The van der Waals surface area contributed by atoms with Gasteiger partial charge in [-0.3, -0.25) is 9.78 Å². The molecule has 4 rings (SSSR count). The van der Waals surface area contributed by atoms with E-state index in [0.717, 1.165) is 11.4 Å². The third-order valence-electron chi connectivity index (χ3n) is 4.14. The second-order valence-electron chi connectivity index (χ2n) is 6.49. The van der Waals surface area contributed by atoms with Crippen LogP contribution in [0.3, 0.4) is 0 Å². The molecule has 0 fully saturated rings. The number of nitrogens with one attached hydrogen (secondary N) is 2. The Kier molecular flexibility index (Phi) is 4.38. The van der Waals surface area contributed by atoms with E-state index in [1.165, 1.54) is 17.3 Å². The van der Waals surface area contributed by atoms with Gasteiger partial charge in [-0.2, -0.15) is 0 Å². The fraction of sp³-hybridized carbons (Fsp3) is 0.143. The molecule has 0 bridgehead atoms. The van der Waals surface area contributed by atoms with Crippen molar-refractivity contribution in [3.63, 3.8) is 0 Å². The van der Waals surface area contributed by atoms with Crippen molar-refractivity contribution >= 4 is 23.0 Å². The van der Waals surface area contributed by atoms with E-state index in [4.69, 9.17) is 9.47 Å². The predicted molar refractivity (Wildman–Crippen MR) is 104 cm³/mol. The Morgan fingerprint density at radius 3 is 2.48 bits per heavy atom. The van der Waals surface area contributed by atoms with E-state index in [1.807, 2.05) is 26.0 Å². The molecule has 136 valence electrons. The summed E-state index contributed by atoms with van der Waals surface area (Å²) in [5.41, 5.74) is 5.14. The van der Waals surface area contributed by atoms with Crippen LogP contribution in [0, 0.1) is 13.8 Å². The van der Waals surface area contributed by atoms with E-state index < -0.39 is 0 Å². The summed E-state index contributed by atoms with van der Waals surface area (Å²) in [5, 5.41) is 6.15. The quantitative estimate of drug-likeness (QED) is 0.719. The van der Waals surface area contributed by atoms with Crippen LogP contribution in [-0.4, -0.2) is 17.7 Å². The van der Waals surface area contributed by atoms with E-state index >= 15 is 0 Å². The third-order valence-corrected chi connectivity index (χ3v) is 4.14. The van der Waals surface area contributed by atoms with Crippen LogP contribution in [0.25, 0.3) is 0 Å². The number of aromatic nitrogens is 1. The molecule has 0 saturated carbocycles. The van der Waals surface area contributed by atoms with Crippen molar-refractivity contribution in [2.24, 2.45) is 0 Å². The third kappa shape index (κ3) is 3.84. The number of hydrogen-bond acceptors (Lipinski definition) is 5. The molecule has 0 radical (unpaired) electrons. The molecule has 6 heteroatoms. The van der Waals surface area contributed by atoms with Crippen molar-refractivity contribution < 1.29 is 14.3 Å². The summed E-state index contributed by atoms with van der Waals surface area (Å²) in [5.74, 6) is 1.05. The number of hydrogen-bond donors (Lipinski definition) is 2. The lowest BCUT2D eigenvalue weighted by atomic mass is 10.1. The molecule has 3 aromatic rings. The maximum absolute atomic E-state index is 12.6. The van der Waals surface area contributed by atoms with Gasteiger partial charge < -0.3 is 20.1 Å². The van der Waals surface area contributed by atoms with Crippen LogP contribution in [0.1, 0.15) is 21.5 Å². The fourth-order valence-electron chi connectivity index (χ4n) is 3.02. The Labute approximate surface area is 157 Å². The lowest BCUT2D eigenvalue weighted by Crippen LogP contribution is -2.12. The molecule has 6 nitrogen and oxygen atoms in total. The lowest BCUT2D eigenvalue weighted by molar-refractivity contribution is 0.102. The summed E-state index contributed by atoms with van der Waals surface area (Å²) >= 11 is 0. The summed E-state index contributed by atoms with van der Waals surface area (Å²) in [6, 6.07) is 13.3. The molecule has 0 unspecified atom stereocenters. The highest BCUT2D eigenvalue weighted by Gasteiger charge is 2.15. The van der Waals surface area contributed by atoms with Gasteiger partial charge >= 0.3 is 0 Å².